The van der Waals surface area contributed by atoms with Gasteiger partial charge in [0.1, 0.15) is 0 Å². The van der Waals surface area contributed by atoms with E-state index in [1.165, 1.54) is 0 Å². The highest BCUT2D eigenvalue weighted by Crippen LogP contribution is 2.12. The van der Waals surface area contributed by atoms with Crippen LogP contribution in [0.3, 0.4) is 0 Å². The van der Waals surface area contributed by atoms with Crippen LogP contribution in [0.15, 0.2) is 42.5 Å². The quantitative estimate of drug-likeness (QED) is 0.881. The fourth-order valence-electron chi connectivity index (χ4n) is 1.53. The van der Waals surface area contributed by atoms with Crippen molar-refractivity contribution in [1.29, 1.82) is 0 Å². The van der Waals surface area contributed by atoms with Gasteiger partial charge in [0.2, 0.25) is 0 Å². The summed E-state index contributed by atoms with van der Waals surface area (Å²) in [7, 11) is 0. The highest BCUT2D eigenvalue weighted by molar-refractivity contribution is 5.92. The van der Waals surface area contributed by atoms with Crippen LogP contribution in [0.25, 0.3) is 0 Å². The van der Waals surface area contributed by atoms with Crippen LogP contribution in [0.1, 0.15) is 24.3 Å². The Balaban J connectivity index is 2.04. The van der Waals surface area contributed by atoms with E-state index in [1.54, 1.807) is 12.1 Å². The third-order valence-corrected chi connectivity index (χ3v) is 2.36. The van der Waals surface area contributed by atoms with Gasteiger partial charge in [-0.1, -0.05) is 18.2 Å². The number of anilines is 2. The summed E-state index contributed by atoms with van der Waals surface area (Å²) in [6, 6.07) is 13.1. The number of hydrogen-bond donors (Lipinski definition) is 2. The topological polar surface area (TPSA) is 66.9 Å². The van der Waals surface area contributed by atoms with Crippen LogP contribution in [0, 0.1) is 0 Å². The van der Waals surface area contributed by atoms with Gasteiger partial charge in [-0.15, -0.1) is 10.2 Å². The Morgan fingerprint density at radius 2 is 1.79 bits per heavy atom. The summed E-state index contributed by atoms with van der Waals surface area (Å²) in [6.07, 6.45) is 0. The molecule has 0 bridgehead atoms. The van der Waals surface area contributed by atoms with Crippen LogP contribution >= 0.6 is 0 Å². The zero-order chi connectivity index (χ0) is 13.7. The van der Waals surface area contributed by atoms with E-state index in [-0.39, 0.29) is 11.9 Å². The number of nitrogens with one attached hydrogen (secondary N) is 2. The molecule has 0 aliphatic rings. The van der Waals surface area contributed by atoms with Crippen molar-refractivity contribution in [2.24, 2.45) is 0 Å². The number of hydrogen-bond acceptors (Lipinski definition) is 4. The zero-order valence-electron chi connectivity index (χ0n) is 10.9. The lowest BCUT2D eigenvalue weighted by Crippen LogP contribution is -2.30. The van der Waals surface area contributed by atoms with Gasteiger partial charge < -0.3 is 10.6 Å². The highest BCUT2D eigenvalue weighted by Gasteiger charge is 2.08. The second kappa shape index (κ2) is 5.95. The van der Waals surface area contributed by atoms with E-state index in [0.29, 0.717) is 11.5 Å². The Kier molecular flexibility index (Phi) is 4.07. The number of amides is 1. The summed E-state index contributed by atoms with van der Waals surface area (Å²) in [5.74, 6) is 0.390. The third kappa shape index (κ3) is 3.77. The van der Waals surface area contributed by atoms with E-state index in [0.717, 1.165) is 5.69 Å². The molecule has 0 saturated carbocycles. The van der Waals surface area contributed by atoms with E-state index in [4.69, 9.17) is 0 Å². The van der Waals surface area contributed by atoms with Gasteiger partial charge in [-0.25, -0.2) is 0 Å². The largest absolute Gasteiger partial charge is 0.348 e. The van der Waals surface area contributed by atoms with E-state index in [9.17, 15) is 4.79 Å². The van der Waals surface area contributed by atoms with Gasteiger partial charge in [0.25, 0.3) is 5.91 Å². The number of carbonyl (C=O) groups is 1. The lowest BCUT2D eigenvalue weighted by atomic mass is 10.3. The van der Waals surface area contributed by atoms with Crippen LogP contribution in [0.2, 0.25) is 0 Å². The van der Waals surface area contributed by atoms with Gasteiger partial charge >= 0.3 is 0 Å². The third-order valence-electron chi connectivity index (χ3n) is 2.36. The number of benzene rings is 1. The van der Waals surface area contributed by atoms with Gasteiger partial charge in [-0.2, -0.15) is 0 Å². The van der Waals surface area contributed by atoms with Crippen LogP contribution in [-0.4, -0.2) is 22.1 Å². The number of carbonyl (C=O) groups excluding carboxylic acids is 1. The smallest absolute Gasteiger partial charge is 0.271 e. The minimum Gasteiger partial charge on any atom is -0.348 e. The second-order valence-electron chi connectivity index (χ2n) is 4.42. The normalized spacial score (nSPS) is 10.3. The molecule has 1 heterocycles. The molecule has 2 aromatic rings. The number of rotatable bonds is 4. The molecule has 5 heteroatoms. The maximum absolute atomic E-state index is 11.7. The van der Waals surface area contributed by atoms with Crippen LogP contribution in [-0.2, 0) is 0 Å². The molecule has 0 aliphatic heterocycles. The first-order chi connectivity index (χ1) is 9.15. The van der Waals surface area contributed by atoms with E-state index in [1.807, 2.05) is 44.2 Å². The summed E-state index contributed by atoms with van der Waals surface area (Å²) in [5, 5.41) is 13.8. The maximum atomic E-state index is 11.7. The molecule has 2 rings (SSSR count). The summed E-state index contributed by atoms with van der Waals surface area (Å²) in [6.45, 7) is 3.80. The van der Waals surface area contributed by atoms with Gasteiger partial charge in [0.15, 0.2) is 11.5 Å². The van der Waals surface area contributed by atoms with Crippen molar-refractivity contribution < 1.29 is 4.79 Å². The molecular formula is C14H16N4O. The first-order valence-electron chi connectivity index (χ1n) is 6.12. The van der Waals surface area contributed by atoms with Crippen molar-refractivity contribution in [3.05, 3.63) is 48.2 Å². The van der Waals surface area contributed by atoms with Crippen molar-refractivity contribution in [3.8, 4) is 0 Å². The van der Waals surface area contributed by atoms with Crippen molar-refractivity contribution in [3.63, 3.8) is 0 Å². The molecule has 0 spiro atoms. The highest BCUT2D eigenvalue weighted by atomic mass is 16.1. The summed E-state index contributed by atoms with van der Waals surface area (Å²) in [4.78, 5) is 11.7. The zero-order valence-corrected chi connectivity index (χ0v) is 10.9. The number of nitrogens with zero attached hydrogens (tertiary/aromatic N) is 2. The van der Waals surface area contributed by atoms with Crippen molar-refractivity contribution in [1.82, 2.24) is 15.5 Å². The molecule has 0 saturated heterocycles. The fourth-order valence-corrected chi connectivity index (χ4v) is 1.53. The number of para-hydroxylation sites is 1. The first kappa shape index (κ1) is 13.0. The van der Waals surface area contributed by atoms with Gasteiger partial charge in [-0.3, -0.25) is 4.79 Å². The van der Waals surface area contributed by atoms with Crippen molar-refractivity contribution in [2.45, 2.75) is 19.9 Å². The Morgan fingerprint density at radius 1 is 1.05 bits per heavy atom. The molecule has 2 N–H and O–H groups in total. The van der Waals surface area contributed by atoms with E-state index < -0.39 is 0 Å². The molecule has 0 atom stereocenters. The lowest BCUT2D eigenvalue weighted by molar-refractivity contribution is 0.0937. The molecule has 0 unspecified atom stereocenters. The standard InChI is InChI=1S/C14H16N4O/c1-10(2)15-14(19)12-8-9-13(18-17-12)16-11-6-4-3-5-7-11/h3-10H,1-2H3,(H,15,19)(H,16,18). The minimum absolute atomic E-state index is 0.0800. The van der Waals surface area contributed by atoms with Crippen LogP contribution < -0.4 is 10.6 Å². The van der Waals surface area contributed by atoms with Crippen molar-refractivity contribution in [2.75, 3.05) is 5.32 Å². The van der Waals surface area contributed by atoms with Gasteiger partial charge in [0.05, 0.1) is 0 Å². The Hall–Kier alpha value is -2.43. The molecular weight excluding hydrogens is 240 g/mol. The van der Waals surface area contributed by atoms with E-state index in [2.05, 4.69) is 20.8 Å². The SMILES string of the molecule is CC(C)NC(=O)c1ccc(Nc2ccccc2)nn1. The predicted octanol–water partition coefficient (Wildman–Crippen LogP) is 2.36. The second-order valence-corrected chi connectivity index (χ2v) is 4.42. The summed E-state index contributed by atoms with van der Waals surface area (Å²) >= 11 is 0. The fraction of sp³-hybridized carbons (Fsp3) is 0.214. The molecule has 98 valence electrons. The monoisotopic (exact) mass is 256 g/mol. The molecule has 19 heavy (non-hydrogen) atoms. The minimum atomic E-state index is -0.214. The van der Waals surface area contributed by atoms with Gasteiger partial charge in [0, 0.05) is 11.7 Å². The number of aromatic nitrogens is 2. The Bertz CT molecular complexity index is 537. The molecule has 1 aromatic carbocycles. The maximum Gasteiger partial charge on any atom is 0.271 e. The lowest BCUT2D eigenvalue weighted by Gasteiger charge is -2.08. The van der Waals surface area contributed by atoms with Gasteiger partial charge in [-0.05, 0) is 38.1 Å². The molecule has 0 aliphatic carbocycles. The predicted molar refractivity (Wildman–Crippen MR) is 74.4 cm³/mol. The summed E-state index contributed by atoms with van der Waals surface area (Å²) in [5.41, 5.74) is 1.24. The average molecular weight is 256 g/mol. The van der Waals surface area contributed by atoms with Crippen LogP contribution in [0.4, 0.5) is 11.5 Å². The average Bonchev–Trinajstić information content (AvgIpc) is 2.40. The first-order valence-corrected chi connectivity index (χ1v) is 6.12. The van der Waals surface area contributed by atoms with Crippen LogP contribution in [0.5, 0.6) is 0 Å². The van der Waals surface area contributed by atoms with Crippen molar-refractivity contribution >= 4 is 17.4 Å². The Morgan fingerprint density at radius 3 is 2.37 bits per heavy atom. The molecule has 0 radical (unpaired) electrons. The molecule has 1 amide bonds. The Labute approximate surface area is 112 Å². The molecule has 5 nitrogen and oxygen atoms in total. The molecule has 0 fully saturated rings. The molecule has 1 aromatic heterocycles. The summed E-state index contributed by atoms with van der Waals surface area (Å²) < 4.78 is 0. The van der Waals surface area contributed by atoms with E-state index >= 15 is 0 Å².